The van der Waals surface area contributed by atoms with Crippen molar-refractivity contribution in [3.63, 3.8) is 0 Å². The number of tetrazole rings is 1. The molecule has 7 rings (SSSR count). The van der Waals surface area contributed by atoms with Gasteiger partial charge in [0.15, 0.2) is 0 Å². The van der Waals surface area contributed by atoms with Crippen molar-refractivity contribution in [2.45, 2.75) is 41.3 Å². The summed E-state index contributed by atoms with van der Waals surface area (Å²) in [5.41, 5.74) is 0.536. The number of nitrogens with one attached hydrogen (secondary N) is 2. The highest BCUT2D eigenvalue weighted by atomic mass is 32.2. The highest BCUT2D eigenvalue weighted by Gasteiger charge is 2.54. The highest BCUT2D eigenvalue weighted by Crippen LogP contribution is 2.41. The summed E-state index contributed by atoms with van der Waals surface area (Å²) in [5.74, 6) is -2.93. The van der Waals surface area contributed by atoms with Crippen molar-refractivity contribution in [1.29, 1.82) is 0 Å². The molecule has 53 heavy (non-hydrogen) atoms. The number of phenolic OH excluding ortho intramolecular Hbond substituents is 1. The van der Waals surface area contributed by atoms with Crippen molar-refractivity contribution < 1.29 is 43.8 Å². The molecule has 0 radical (unpaired) electrons. The van der Waals surface area contributed by atoms with Gasteiger partial charge >= 0.3 is 23.8 Å². The third-order valence-corrected chi connectivity index (χ3v) is 12.4. The van der Waals surface area contributed by atoms with Gasteiger partial charge in [0.25, 0.3) is 5.91 Å². The van der Waals surface area contributed by atoms with E-state index in [1.165, 1.54) is 57.4 Å². The number of nitrogens with zero attached hydrogens (tertiary/aromatic N) is 8. The van der Waals surface area contributed by atoms with Crippen molar-refractivity contribution >= 4 is 76.8 Å². The number of β-lactam (4-membered cyclic amide) rings is 2. The number of amides is 7. The second-order valence-electron chi connectivity index (χ2n) is 12.0. The van der Waals surface area contributed by atoms with Crippen LogP contribution >= 0.6 is 35.3 Å². The number of urea groups is 1. The van der Waals surface area contributed by atoms with E-state index in [0.29, 0.717) is 27.5 Å². The number of fused-ring (bicyclic) bond motifs is 2. The van der Waals surface area contributed by atoms with E-state index in [1.807, 2.05) is 24.0 Å². The lowest BCUT2D eigenvalue weighted by Gasteiger charge is -2.49. The molecule has 6 heterocycles. The van der Waals surface area contributed by atoms with Gasteiger partial charge in [-0.1, -0.05) is 30.0 Å². The molecule has 0 spiro atoms. The van der Waals surface area contributed by atoms with Gasteiger partial charge in [-0.25, -0.2) is 14.3 Å². The van der Waals surface area contributed by atoms with Gasteiger partial charge in [-0.2, -0.15) is 0 Å². The number of imide groups is 1. The average molecular weight is 787 g/mol. The van der Waals surface area contributed by atoms with Crippen LogP contribution in [0.25, 0.3) is 0 Å². The number of benzene rings is 1. The number of carbonyl (C=O) groups is 7. The predicted molar refractivity (Wildman–Crippen MR) is 189 cm³/mol. The van der Waals surface area contributed by atoms with E-state index in [2.05, 4.69) is 26.2 Å². The predicted octanol–water partition coefficient (Wildman–Crippen LogP) is -0.307. The first kappa shape index (κ1) is 37.7. The van der Waals surface area contributed by atoms with Gasteiger partial charge in [0.2, 0.25) is 17.0 Å². The van der Waals surface area contributed by atoms with Gasteiger partial charge in [-0.05, 0) is 40.6 Å². The summed E-state index contributed by atoms with van der Waals surface area (Å²) in [4.78, 5) is 92.7. The highest BCUT2D eigenvalue weighted by molar-refractivity contribution is 8.01. The van der Waals surface area contributed by atoms with Crippen LogP contribution in [0.3, 0.4) is 0 Å². The number of carboxylic acids is 1. The minimum Gasteiger partial charge on any atom is -0.508 e. The van der Waals surface area contributed by atoms with Gasteiger partial charge < -0.3 is 30.6 Å². The third-order valence-electron chi connectivity index (χ3n) is 8.79. The first-order chi connectivity index (χ1) is 25.4. The van der Waals surface area contributed by atoms with Crippen LogP contribution < -0.4 is 10.6 Å². The molecule has 0 unspecified atom stereocenters. The first-order valence-electron chi connectivity index (χ1n) is 16.2. The second kappa shape index (κ2) is 15.9. The number of likely N-dealkylation sites (N-methyl/N-ethyl adjacent to an activating group) is 1. The number of thioether (sulfide) groups is 3. The zero-order chi connectivity index (χ0) is 38.0. The Morgan fingerprint density at radius 1 is 1.08 bits per heavy atom. The molecule has 4 atom stereocenters. The number of hydrogen-bond donors (Lipinski definition) is 4. The number of carboxylic acid groups (broad SMARTS) is 1. The van der Waals surface area contributed by atoms with Crippen LogP contribution in [-0.4, -0.2) is 145 Å². The minimum atomic E-state index is -1.42. The summed E-state index contributed by atoms with van der Waals surface area (Å²) in [6, 6.07) is 1.84. The maximum atomic E-state index is 13.6. The van der Waals surface area contributed by atoms with E-state index >= 15 is 0 Å². The maximum Gasteiger partial charge on any atom is 0.352 e. The molecule has 5 aliphatic heterocycles. The standard InChI is InChI=1S/C25H27N9O8S2.C6H7NOS/c1-3-32-8-9-33(21(39)20(32)38)24(42)27-15(12-4-6-14(35)7-5-12)18(36)26-16-19(37)34-17(23(40)41)13(10-43-22(16)34)11-44-25-28-29-30-31(25)2;8-5-4-6-7(5)2-1-3-9-6/h4-7,15-16,22,35H,3,8-11H2,1-2H3,(H,26,36)(H,27,42)(H,40,41);1-2,6H,3-4H2/t15-,16-,22-;6-/m11/s1. The smallest absolute Gasteiger partial charge is 0.352 e. The Kier molecular flexibility index (Phi) is 11.3. The molecule has 4 N–H and O–H groups in total. The molecule has 5 aliphatic rings. The van der Waals surface area contributed by atoms with Crippen molar-refractivity contribution in [3.8, 4) is 5.75 Å². The molecule has 0 saturated carbocycles. The van der Waals surface area contributed by atoms with Crippen LogP contribution in [0.1, 0.15) is 24.9 Å². The van der Waals surface area contributed by atoms with Crippen LogP contribution in [0, 0.1) is 0 Å². The summed E-state index contributed by atoms with van der Waals surface area (Å²) in [6.45, 7) is 2.04. The normalized spacial score (nSPS) is 22.6. The van der Waals surface area contributed by atoms with Gasteiger partial charge in [0.05, 0.1) is 11.8 Å². The molecule has 1 aromatic carbocycles. The largest absolute Gasteiger partial charge is 0.508 e. The fourth-order valence-corrected chi connectivity index (χ4v) is 9.27. The Morgan fingerprint density at radius 2 is 1.83 bits per heavy atom. The molecule has 7 amide bonds. The van der Waals surface area contributed by atoms with Gasteiger partial charge in [0.1, 0.15) is 28.9 Å². The second-order valence-corrected chi connectivity index (χ2v) is 15.3. The van der Waals surface area contributed by atoms with Crippen LogP contribution in [-0.2, 0) is 35.8 Å². The Balaban J connectivity index is 0.000000461. The lowest BCUT2D eigenvalue weighted by Crippen LogP contribution is -2.71. The quantitative estimate of drug-likeness (QED) is 0.145. The number of carbonyl (C=O) groups excluding carboxylic acids is 6. The Hall–Kier alpha value is -5.09. The fourth-order valence-electron chi connectivity index (χ4n) is 5.91. The van der Waals surface area contributed by atoms with Crippen LogP contribution in [0.5, 0.6) is 5.75 Å². The number of aromatic hydroxyl groups is 1. The number of piperazine rings is 1. The van der Waals surface area contributed by atoms with Gasteiger partial charge in [-0.3, -0.25) is 33.8 Å². The summed E-state index contributed by atoms with van der Waals surface area (Å²) >= 11 is 4.32. The molecule has 3 fully saturated rings. The van der Waals surface area contributed by atoms with Gasteiger partial charge in [-0.15, -0.1) is 28.6 Å². The van der Waals surface area contributed by atoms with Crippen molar-refractivity contribution in [2.75, 3.05) is 36.9 Å². The number of rotatable bonds is 9. The van der Waals surface area contributed by atoms with E-state index in [0.717, 1.165) is 17.1 Å². The van der Waals surface area contributed by atoms with Crippen LogP contribution in [0.4, 0.5) is 4.79 Å². The zero-order valence-electron chi connectivity index (χ0n) is 28.3. The molecular formula is C31H34N10O9S3. The van der Waals surface area contributed by atoms with Crippen LogP contribution in [0.15, 0.2) is 53.0 Å². The fraction of sp³-hybridized carbons (Fsp3) is 0.419. The van der Waals surface area contributed by atoms with E-state index in [-0.39, 0.29) is 47.5 Å². The van der Waals surface area contributed by atoms with Crippen molar-refractivity contribution in [2.24, 2.45) is 7.05 Å². The topological polar surface area (TPSA) is 241 Å². The third kappa shape index (κ3) is 7.69. The Bertz CT molecular complexity index is 1900. The SMILES string of the molecule is CCN1CCN(C(=O)N[C@@H](C(=O)N[C@@H]2C(=O)N3C(C(=O)O)=C(CSc4nnnn4C)CS[C@H]23)c2ccc(O)cc2)C(=O)C1=O.O=C1C[C@H]2SCC=CN12. The Labute approximate surface area is 314 Å². The summed E-state index contributed by atoms with van der Waals surface area (Å²) in [5, 5.41) is 36.1. The van der Waals surface area contributed by atoms with E-state index < -0.39 is 53.1 Å². The summed E-state index contributed by atoms with van der Waals surface area (Å²) in [7, 11) is 1.64. The molecule has 280 valence electrons. The molecule has 0 bridgehead atoms. The number of phenols is 1. The monoisotopic (exact) mass is 786 g/mol. The average Bonchev–Trinajstić information content (AvgIpc) is 3.56. The lowest BCUT2D eigenvalue weighted by molar-refractivity contribution is -0.153. The molecule has 1 aromatic heterocycles. The summed E-state index contributed by atoms with van der Waals surface area (Å²) < 4.78 is 1.44. The molecule has 19 nitrogen and oxygen atoms in total. The molecule has 0 aliphatic carbocycles. The lowest BCUT2D eigenvalue weighted by atomic mass is 10.0. The van der Waals surface area contributed by atoms with E-state index in [1.54, 1.807) is 18.9 Å². The number of aromatic nitrogens is 4. The van der Waals surface area contributed by atoms with E-state index in [4.69, 9.17) is 0 Å². The zero-order valence-corrected chi connectivity index (χ0v) is 30.7. The number of hydrogen-bond acceptors (Lipinski definition) is 14. The van der Waals surface area contributed by atoms with Crippen LogP contribution in [0.2, 0.25) is 0 Å². The van der Waals surface area contributed by atoms with E-state index in [9.17, 15) is 43.8 Å². The molecule has 3 saturated heterocycles. The van der Waals surface area contributed by atoms with Crippen molar-refractivity contribution in [3.05, 3.63) is 53.4 Å². The number of aliphatic carboxylic acids is 1. The number of aryl methyl sites for hydroxylation is 1. The maximum absolute atomic E-state index is 13.6. The van der Waals surface area contributed by atoms with Gasteiger partial charge in [0, 0.05) is 50.1 Å². The molecule has 2 aromatic rings. The van der Waals surface area contributed by atoms with Crippen molar-refractivity contribution in [1.82, 2.24) is 50.4 Å². The first-order valence-corrected chi connectivity index (χ1v) is 19.3. The molecular weight excluding hydrogens is 753 g/mol. The minimum absolute atomic E-state index is 0.0823. The molecule has 22 heteroatoms. The summed E-state index contributed by atoms with van der Waals surface area (Å²) in [6.07, 6.45) is 4.67. The Morgan fingerprint density at radius 3 is 2.45 bits per heavy atom.